The first-order chi connectivity index (χ1) is 9.46. The zero-order valence-electron chi connectivity index (χ0n) is 11.6. The van der Waals surface area contributed by atoms with Crippen molar-refractivity contribution in [2.75, 3.05) is 25.6 Å². The normalized spacial score (nSPS) is 19.7. The van der Waals surface area contributed by atoms with E-state index in [2.05, 4.69) is 5.32 Å². The van der Waals surface area contributed by atoms with Gasteiger partial charge in [-0.25, -0.2) is 12.8 Å². The number of rotatable bonds is 5. The highest BCUT2D eigenvalue weighted by Crippen LogP contribution is 2.28. The molecule has 1 heterocycles. The number of sulfonamides is 1. The van der Waals surface area contributed by atoms with Crippen LogP contribution in [0.5, 0.6) is 0 Å². The van der Waals surface area contributed by atoms with Crippen molar-refractivity contribution < 1.29 is 12.8 Å². The van der Waals surface area contributed by atoms with Gasteiger partial charge in [-0.1, -0.05) is 6.07 Å². The highest BCUT2D eigenvalue weighted by atomic mass is 32.2. The van der Waals surface area contributed by atoms with Crippen LogP contribution in [0, 0.1) is 5.82 Å². The molecule has 1 N–H and O–H groups in total. The summed E-state index contributed by atoms with van der Waals surface area (Å²) in [7, 11) is -0.341. The minimum atomic E-state index is -3.66. The smallest absolute Gasteiger partial charge is 0.243 e. The topological polar surface area (TPSA) is 49.4 Å². The van der Waals surface area contributed by atoms with Crippen molar-refractivity contribution in [3.05, 3.63) is 29.6 Å². The van der Waals surface area contributed by atoms with E-state index >= 15 is 0 Å². The molecule has 0 spiro atoms. The SMILES string of the molecule is CNCc1ccc(F)cc1S(=O)(=O)N(C)C1CCSC1. The van der Waals surface area contributed by atoms with E-state index in [-0.39, 0.29) is 10.9 Å². The van der Waals surface area contributed by atoms with Gasteiger partial charge in [0.15, 0.2) is 0 Å². The van der Waals surface area contributed by atoms with Crippen LogP contribution in [0.15, 0.2) is 23.1 Å². The monoisotopic (exact) mass is 318 g/mol. The molecule has 1 atom stereocenters. The summed E-state index contributed by atoms with van der Waals surface area (Å²) in [6.45, 7) is 0.391. The summed E-state index contributed by atoms with van der Waals surface area (Å²) in [6, 6.07) is 3.92. The molecular formula is C13H19FN2O2S2. The summed E-state index contributed by atoms with van der Waals surface area (Å²) in [5.41, 5.74) is 0.589. The Morgan fingerprint density at radius 3 is 2.85 bits per heavy atom. The van der Waals surface area contributed by atoms with Gasteiger partial charge in [0, 0.05) is 25.4 Å². The van der Waals surface area contributed by atoms with E-state index in [4.69, 9.17) is 0 Å². The molecule has 0 radical (unpaired) electrons. The predicted molar refractivity (Wildman–Crippen MR) is 79.8 cm³/mol. The van der Waals surface area contributed by atoms with Crippen LogP contribution in [0.25, 0.3) is 0 Å². The Balaban J connectivity index is 2.39. The molecule has 1 aromatic rings. The van der Waals surface area contributed by atoms with Crippen molar-refractivity contribution in [1.29, 1.82) is 0 Å². The van der Waals surface area contributed by atoms with Gasteiger partial charge in [0.25, 0.3) is 0 Å². The molecule has 1 unspecified atom stereocenters. The van der Waals surface area contributed by atoms with Gasteiger partial charge in [-0.3, -0.25) is 0 Å². The summed E-state index contributed by atoms with van der Waals surface area (Å²) in [6.07, 6.45) is 0.844. The molecule has 112 valence electrons. The fourth-order valence-corrected chi connectivity index (χ4v) is 5.24. The first-order valence-electron chi connectivity index (χ1n) is 6.45. The van der Waals surface area contributed by atoms with Crippen LogP contribution in [0.1, 0.15) is 12.0 Å². The molecule has 0 amide bonds. The highest BCUT2D eigenvalue weighted by molar-refractivity contribution is 7.99. The molecule has 7 heteroatoms. The molecule has 1 aliphatic rings. The van der Waals surface area contributed by atoms with Gasteiger partial charge in [-0.05, 0) is 36.9 Å². The molecule has 0 bridgehead atoms. The molecule has 1 aliphatic heterocycles. The first-order valence-corrected chi connectivity index (χ1v) is 9.05. The number of hydrogen-bond acceptors (Lipinski definition) is 4. The summed E-state index contributed by atoms with van der Waals surface area (Å²) in [4.78, 5) is 0.0613. The van der Waals surface area contributed by atoms with E-state index in [1.54, 1.807) is 25.9 Å². The maximum Gasteiger partial charge on any atom is 0.243 e. The third kappa shape index (κ3) is 3.16. The van der Waals surface area contributed by atoms with Crippen molar-refractivity contribution in [2.24, 2.45) is 0 Å². The number of hydrogen-bond donors (Lipinski definition) is 1. The number of nitrogens with zero attached hydrogens (tertiary/aromatic N) is 1. The number of halogens is 1. The zero-order chi connectivity index (χ0) is 14.8. The average molecular weight is 318 g/mol. The van der Waals surface area contributed by atoms with E-state index in [9.17, 15) is 12.8 Å². The second-order valence-corrected chi connectivity index (χ2v) is 7.94. The maximum absolute atomic E-state index is 13.5. The second kappa shape index (κ2) is 6.43. The largest absolute Gasteiger partial charge is 0.316 e. The minimum Gasteiger partial charge on any atom is -0.316 e. The van der Waals surface area contributed by atoms with E-state index in [1.807, 2.05) is 0 Å². The molecule has 0 aromatic heterocycles. The Hall–Kier alpha value is -0.630. The third-order valence-electron chi connectivity index (χ3n) is 3.47. The predicted octanol–water partition coefficient (Wildman–Crippen LogP) is 1.67. The number of nitrogens with one attached hydrogen (secondary N) is 1. The Morgan fingerprint density at radius 2 is 2.25 bits per heavy atom. The van der Waals surface area contributed by atoms with Crippen LogP contribution < -0.4 is 5.32 Å². The summed E-state index contributed by atoms with van der Waals surface area (Å²) < 4.78 is 40.2. The maximum atomic E-state index is 13.5. The average Bonchev–Trinajstić information content (AvgIpc) is 2.94. The molecule has 20 heavy (non-hydrogen) atoms. The quantitative estimate of drug-likeness (QED) is 0.897. The standard InChI is InChI=1S/C13H19FN2O2S2/c1-15-8-10-3-4-11(14)7-13(10)20(17,18)16(2)12-5-6-19-9-12/h3-4,7,12,15H,5-6,8-9H2,1-2H3. The fourth-order valence-electron chi connectivity index (χ4n) is 2.27. The van der Waals surface area contributed by atoms with Crippen molar-refractivity contribution in [3.63, 3.8) is 0 Å². The molecule has 1 saturated heterocycles. The van der Waals surface area contributed by atoms with Gasteiger partial charge in [0.05, 0.1) is 4.90 Å². The summed E-state index contributed by atoms with van der Waals surface area (Å²) in [5.74, 6) is 1.24. The van der Waals surface area contributed by atoms with Crippen molar-refractivity contribution in [2.45, 2.75) is 23.9 Å². The molecule has 1 aromatic carbocycles. The van der Waals surface area contributed by atoms with Crippen LogP contribution in [0.3, 0.4) is 0 Å². The van der Waals surface area contributed by atoms with Crippen LogP contribution in [-0.2, 0) is 16.6 Å². The summed E-state index contributed by atoms with van der Waals surface area (Å²) in [5, 5.41) is 2.91. The number of benzene rings is 1. The van der Waals surface area contributed by atoms with Crippen molar-refractivity contribution in [3.8, 4) is 0 Å². The van der Waals surface area contributed by atoms with Gasteiger partial charge < -0.3 is 5.32 Å². The van der Waals surface area contributed by atoms with Crippen LogP contribution in [-0.4, -0.2) is 44.4 Å². The second-order valence-electron chi connectivity index (χ2n) is 4.82. The Labute approximate surface area is 123 Å². The Kier molecular flexibility index (Phi) is 5.06. The molecular weight excluding hydrogens is 299 g/mol. The van der Waals surface area contributed by atoms with E-state index in [0.717, 1.165) is 24.0 Å². The van der Waals surface area contributed by atoms with E-state index in [0.29, 0.717) is 12.1 Å². The lowest BCUT2D eigenvalue weighted by atomic mass is 10.2. The zero-order valence-corrected chi connectivity index (χ0v) is 13.2. The van der Waals surface area contributed by atoms with Gasteiger partial charge in [-0.2, -0.15) is 16.1 Å². The number of thioether (sulfide) groups is 1. The molecule has 0 saturated carbocycles. The van der Waals surface area contributed by atoms with Crippen LogP contribution in [0.4, 0.5) is 4.39 Å². The van der Waals surface area contributed by atoms with Gasteiger partial charge in [-0.15, -0.1) is 0 Å². The Bertz CT molecular complexity index is 572. The Morgan fingerprint density at radius 1 is 1.50 bits per heavy atom. The minimum absolute atomic E-state index is 0.00398. The third-order valence-corrected chi connectivity index (χ3v) is 6.61. The summed E-state index contributed by atoms with van der Waals surface area (Å²) >= 11 is 1.75. The molecule has 2 rings (SSSR count). The highest BCUT2D eigenvalue weighted by Gasteiger charge is 2.31. The van der Waals surface area contributed by atoms with Gasteiger partial charge >= 0.3 is 0 Å². The van der Waals surface area contributed by atoms with E-state index in [1.165, 1.54) is 16.4 Å². The van der Waals surface area contributed by atoms with Gasteiger partial charge in [0.2, 0.25) is 10.0 Å². The lowest BCUT2D eigenvalue weighted by molar-refractivity contribution is 0.393. The lowest BCUT2D eigenvalue weighted by Crippen LogP contribution is -2.37. The lowest BCUT2D eigenvalue weighted by Gasteiger charge is -2.24. The van der Waals surface area contributed by atoms with Crippen molar-refractivity contribution >= 4 is 21.8 Å². The first kappa shape index (κ1) is 15.8. The fraction of sp³-hybridized carbons (Fsp3) is 0.538. The molecule has 0 aliphatic carbocycles. The van der Waals surface area contributed by atoms with Crippen LogP contribution in [0.2, 0.25) is 0 Å². The van der Waals surface area contributed by atoms with Crippen LogP contribution >= 0.6 is 11.8 Å². The van der Waals surface area contributed by atoms with Crippen molar-refractivity contribution in [1.82, 2.24) is 9.62 Å². The van der Waals surface area contributed by atoms with E-state index < -0.39 is 15.8 Å². The molecule has 1 fully saturated rings. The van der Waals surface area contributed by atoms with Gasteiger partial charge in [0.1, 0.15) is 5.82 Å². The molecule has 4 nitrogen and oxygen atoms in total.